The first-order valence-corrected chi connectivity index (χ1v) is 10.4. The number of nitrogens with one attached hydrogen (secondary N) is 1. The molecule has 0 saturated heterocycles. The van der Waals surface area contributed by atoms with Crippen molar-refractivity contribution in [3.05, 3.63) is 72.1 Å². The van der Waals surface area contributed by atoms with E-state index in [0.717, 1.165) is 20.4 Å². The zero-order valence-corrected chi connectivity index (χ0v) is 16.7. The summed E-state index contributed by atoms with van der Waals surface area (Å²) in [5.41, 5.74) is 0.756. The second kappa shape index (κ2) is 8.37. The molecular formula is C20H17N5OS2. The second-order valence-electron chi connectivity index (χ2n) is 5.99. The third-order valence-electron chi connectivity index (χ3n) is 4.01. The standard InChI is InChI=1S/C20H17N5OS2/c1-14(25-23-19(22-24-25)18-12-7-13-27-18)20(26)21-16-10-5-6-11-17(16)28-15-8-3-2-4-9-15/h2-14H,1H3,(H,21,26)/t14-/m1/s1. The summed E-state index contributed by atoms with van der Waals surface area (Å²) in [5.74, 6) is 0.325. The van der Waals surface area contributed by atoms with Gasteiger partial charge in [0.25, 0.3) is 5.91 Å². The maximum atomic E-state index is 12.8. The van der Waals surface area contributed by atoms with Crippen molar-refractivity contribution in [2.24, 2.45) is 0 Å². The van der Waals surface area contributed by atoms with Gasteiger partial charge in [-0.3, -0.25) is 4.79 Å². The first-order valence-electron chi connectivity index (χ1n) is 8.67. The molecule has 4 aromatic rings. The number of benzene rings is 2. The van der Waals surface area contributed by atoms with E-state index in [1.165, 1.54) is 16.1 Å². The van der Waals surface area contributed by atoms with Gasteiger partial charge in [0.2, 0.25) is 5.82 Å². The van der Waals surface area contributed by atoms with E-state index in [9.17, 15) is 4.79 Å². The van der Waals surface area contributed by atoms with Crippen LogP contribution in [0.25, 0.3) is 10.7 Å². The van der Waals surface area contributed by atoms with Gasteiger partial charge in [0.15, 0.2) is 0 Å². The van der Waals surface area contributed by atoms with Gasteiger partial charge in [0.1, 0.15) is 6.04 Å². The molecule has 0 fully saturated rings. The number of tetrazole rings is 1. The minimum atomic E-state index is -0.587. The van der Waals surface area contributed by atoms with Crippen LogP contribution in [-0.4, -0.2) is 26.1 Å². The first-order chi connectivity index (χ1) is 13.7. The minimum Gasteiger partial charge on any atom is -0.323 e. The van der Waals surface area contributed by atoms with Crippen molar-refractivity contribution < 1.29 is 4.79 Å². The van der Waals surface area contributed by atoms with E-state index < -0.39 is 6.04 Å². The van der Waals surface area contributed by atoms with E-state index in [1.54, 1.807) is 18.7 Å². The number of nitrogens with zero attached hydrogens (tertiary/aromatic N) is 4. The molecule has 0 bridgehead atoms. The zero-order chi connectivity index (χ0) is 19.3. The molecule has 2 aromatic heterocycles. The van der Waals surface area contributed by atoms with E-state index >= 15 is 0 Å². The highest BCUT2D eigenvalue weighted by atomic mass is 32.2. The van der Waals surface area contributed by atoms with Crippen LogP contribution in [0.5, 0.6) is 0 Å². The van der Waals surface area contributed by atoms with Crippen molar-refractivity contribution in [2.45, 2.75) is 22.8 Å². The van der Waals surface area contributed by atoms with E-state index in [0.29, 0.717) is 5.82 Å². The van der Waals surface area contributed by atoms with Crippen LogP contribution in [0.2, 0.25) is 0 Å². The molecule has 1 N–H and O–H groups in total. The minimum absolute atomic E-state index is 0.198. The van der Waals surface area contributed by atoms with Crippen molar-refractivity contribution in [3.8, 4) is 10.7 Å². The van der Waals surface area contributed by atoms with Crippen LogP contribution >= 0.6 is 23.1 Å². The van der Waals surface area contributed by atoms with Crippen LogP contribution in [0.4, 0.5) is 5.69 Å². The van der Waals surface area contributed by atoms with Crippen LogP contribution in [-0.2, 0) is 4.79 Å². The fourth-order valence-electron chi connectivity index (χ4n) is 2.51. The molecule has 0 unspecified atom stereocenters. The van der Waals surface area contributed by atoms with Crippen molar-refractivity contribution in [1.82, 2.24) is 20.2 Å². The maximum absolute atomic E-state index is 12.8. The molecule has 28 heavy (non-hydrogen) atoms. The Bertz CT molecular complexity index is 1060. The summed E-state index contributed by atoms with van der Waals surface area (Å²) < 4.78 is 0. The van der Waals surface area contributed by atoms with Gasteiger partial charge in [-0.1, -0.05) is 48.2 Å². The lowest BCUT2D eigenvalue weighted by Gasteiger charge is -2.14. The molecule has 0 saturated carbocycles. The lowest BCUT2D eigenvalue weighted by molar-refractivity contribution is -0.119. The predicted molar refractivity (Wildman–Crippen MR) is 111 cm³/mol. The van der Waals surface area contributed by atoms with E-state index in [2.05, 4.69) is 20.7 Å². The topological polar surface area (TPSA) is 72.7 Å². The third kappa shape index (κ3) is 4.13. The lowest BCUT2D eigenvalue weighted by atomic mass is 10.3. The Balaban J connectivity index is 1.49. The molecule has 6 nitrogen and oxygen atoms in total. The molecule has 8 heteroatoms. The van der Waals surface area contributed by atoms with Gasteiger partial charge >= 0.3 is 0 Å². The van der Waals surface area contributed by atoms with Gasteiger partial charge in [-0.05, 0) is 47.8 Å². The molecule has 4 rings (SSSR count). The zero-order valence-electron chi connectivity index (χ0n) is 15.0. The van der Waals surface area contributed by atoms with E-state index in [1.807, 2.05) is 72.1 Å². The molecular weight excluding hydrogens is 390 g/mol. The van der Waals surface area contributed by atoms with Crippen LogP contribution in [0.1, 0.15) is 13.0 Å². The summed E-state index contributed by atoms with van der Waals surface area (Å²) in [5, 5.41) is 17.4. The van der Waals surface area contributed by atoms with Gasteiger partial charge in [0.05, 0.1) is 10.6 Å². The fourth-order valence-corrected chi connectivity index (χ4v) is 4.08. The van der Waals surface area contributed by atoms with Crippen LogP contribution in [0, 0.1) is 0 Å². The van der Waals surface area contributed by atoms with Crippen LogP contribution in [0.15, 0.2) is 81.9 Å². The van der Waals surface area contributed by atoms with E-state index in [4.69, 9.17) is 0 Å². The van der Waals surface area contributed by atoms with Gasteiger partial charge in [0, 0.05) is 9.79 Å². The molecule has 2 heterocycles. The summed E-state index contributed by atoms with van der Waals surface area (Å²) in [7, 11) is 0. The molecule has 2 aromatic carbocycles. The summed E-state index contributed by atoms with van der Waals surface area (Å²) in [6.07, 6.45) is 0. The molecule has 0 aliphatic heterocycles. The number of rotatable bonds is 6. The highest BCUT2D eigenvalue weighted by Gasteiger charge is 2.20. The SMILES string of the molecule is C[C@H](C(=O)Nc1ccccc1Sc1ccccc1)n1nnc(-c2cccs2)n1. The monoisotopic (exact) mass is 407 g/mol. The molecule has 140 valence electrons. The Morgan fingerprint density at radius 3 is 2.64 bits per heavy atom. The van der Waals surface area contributed by atoms with Crippen molar-refractivity contribution in [1.29, 1.82) is 0 Å². The molecule has 0 radical (unpaired) electrons. The Hall–Kier alpha value is -2.97. The highest BCUT2D eigenvalue weighted by molar-refractivity contribution is 7.99. The van der Waals surface area contributed by atoms with Crippen molar-refractivity contribution >= 4 is 34.7 Å². The van der Waals surface area contributed by atoms with Gasteiger partial charge in [-0.25, -0.2) is 0 Å². The average molecular weight is 408 g/mol. The Morgan fingerprint density at radius 2 is 1.86 bits per heavy atom. The average Bonchev–Trinajstić information content (AvgIpc) is 3.41. The second-order valence-corrected chi connectivity index (χ2v) is 8.05. The summed E-state index contributed by atoms with van der Waals surface area (Å²) >= 11 is 3.14. The number of anilines is 1. The number of carbonyl (C=O) groups excluding carboxylic acids is 1. The van der Waals surface area contributed by atoms with Crippen LogP contribution < -0.4 is 5.32 Å². The van der Waals surface area contributed by atoms with Crippen molar-refractivity contribution in [2.75, 3.05) is 5.32 Å². The molecule has 0 spiro atoms. The summed E-state index contributed by atoms with van der Waals surface area (Å²) in [6, 6.07) is 21.0. The normalized spacial score (nSPS) is 11.9. The molecule has 1 atom stereocenters. The number of carbonyl (C=O) groups is 1. The fraction of sp³-hybridized carbons (Fsp3) is 0.100. The number of hydrogen-bond acceptors (Lipinski definition) is 6. The smallest absolute Gasteiger partial charge is 0.250 e. The number of amides is 1. The maximum Gasteiger partial charge on any atom is 0.250 e. The van der Waals surface area contributed by atoms with Crippen LogP contribution in [0.3, 0.4) is 0 Å². The van der Waals surface area contributed by atoms with Gasteiger partial charge in [-0.15, -0.1) is 21.5 Å². The Labute approximate surface area is 170 Å². The molecule has 0 aliphatic carbocycles. The number of aromatic nitrogens is 4. The Kier molecular flexibility index (Phi) is 5.50. The first kappa shape index (κ1) is 18.4. The molecule has 1 amide bonds. The summed E-state index contributed by atoms with van der Waals surface area (Å²) in [6.45, 7) is 1.75. The third-order valence-corrected chi connectivity index (χ3v) is 5.96. The van der Waals surface area contributed by atoms with Gasteiger partial charge in [-0.2, -0.15) is 4.80 Å². The summed E-state index contributed by atoms with van der Waals surface area (Å²) in [4.78, 5) is 17.1. The van der Waals surface area contributed by atoms with E-state index in [-0.39, 0.29) is 5.91 Å². The lowest BCUT2D eigenvalue weighted by Crippen LogP contribution is -2.25. The Morgan fingerprint density at radius 1 is 1.07 bits per heavy atom. The van der Waals surface area contributed by atoms with Crippen molar-refractivity contribution in [3.63, 3.8) is 0 Å². The number of hydrogen-bond donors (Lipinski definition) is 1. The number of thiophene rings is 1. The number of para-hydroxylation sites is 1. The predicted octanol–water partition coefficient (Wildman–Crippen LogP) is 4.75. The largest absolute Gasteiger partial charge is 0.323 e. The quantitative estimate of drug-likeness (QED) is 0.499. The van der Waals surface area contributed by atoms with Gasteiger partial charge < -0.3 is 5.32 Å². The molecule has 0 aliphatic rings. The highest BCUT2D eigenvalue weighted by Crippen LogP contribution is 2.33.